The molecule has 6 nitrogen and oxygen atoms in total. The van der Waals surface area contributed by atoms with Gasteiger partial charge in [0.05, 0.1) is 18.8 Å². The third kappa shape index (κ3) is 39.5. The molecule has 0 saturated carbocycles. The van der Waals surface area contributed by atoms with Crippen LogP contribution in [0.2, 0.25) is 0 Å². The molecule has 0 rings (SSSR count). The number of aliphatic hydroxyl groups is 4. The number of carbonyl (C=O) groups excluding carboxylic acids is 1. The van der Waals surface area contributed by atoms with E-state index in [-0.39, 0.29) is 0 Å². The summed E-state index contributed by atoms with van der Waals surface area (Å²) in [5.41, 5.74) is 0. The summed E-state index contributed by atoms with van der Waals surface area (Å²) in [4.78, 5) is 12.5. The summed E-state index contributed by atoms with van der Waals surface area (Å²) in [6, 6.07) is -1.01. The molecule has 0 aliphatic rings. The number of hydrogen-bond acceptors (Lipinski definition) is 5. The van der Waals surface area contributed by atoms with Gasteiger partial charge in [-0.2, -0.15) is 0 Å². The lowest BCUT2D eigenvalue weighted by molar-refractivity contribution is -0.132. The van der Waals surface area contributed by atoms with Crippen molar-refractivity contribution in [1.29, 1.82) is 0 Å². The molecule has 4 atom stereocenters. The first kappa shape index (κ1) is 55.3. The lowest BCUT2D eigenvalue weighted by Gasteiger charge is -2.27. The maximum atomic E-state index is 12.5. The van der Waals surface area contributed by atoms with Crippen molar-refractivity contribution in [1.82, 2.24) is 5.32 Å². The molecule has 57 heavy (non-hydrogen) atoms. The summed E-state index contributed by atoms with van der Waals surface area (Å²) >= 11 is 0. The van der Waals surface area contributed by atoms with Crippen LogP contribution in [-0.4, -0.2) is 57.3 Å². The Kier molecular flexibility index (Phi) is 44.0. The summed E-state index contributed by atoms with van der Waals surface area (Å²) < 4.78 is 0. The van der Waals surface area contributed by atoms with Gasteiger partial charge in [0.15, 0.2) is 0 Å². The van der Waals surface area contributed by atoms with Crippen LogP contribution in [0, 0.1) is 0 Å². The molecule has 0 aromatic rings. The van der Waals surface area contributed by atoms with E-state index in [1.54, 1.807) is 0 Å². The number of rotatable bonds is 44. The molecule has 0 heterocycles. The monoisotopic (exact) mass is 802 g/mol. The molecule has 0 aliphatic heterocycles. The highest BCUT2D eigenvalue weighted by Crippen LogP contribution is 2.15. The van der Waals surface area contributed by atoms with Crippen LogP contribution in [0.4, 0.5) is 0 Å². The number of nitrogens with one attached hydrogen (secondary N) is 1. The van der Waals surface area contributed by atoms with Crippen molar-refractivity contribution in [3.8, 4) is 0 Å². The topological polar surface area (TPSA) is 110 Å². The predicted molar refractivity (Wildman–Crippen MR) is 247 cm³/mol. The average Bonchev–Trinajstić information content (AvgIpc) is 3.22. The highest BCUT2D eigenvalue weighted by Gasteiger charge is 2.28. The van der Waals surface area contributed by atoms with Gasteiger partial charge in [0.1, 0.15) is 12.2 Å². The highest BCUT2D eigenvalue weighted by atomic mass is 16.3. The van der Waals surface area contributed by atoms with Crippen LogP contribution in [-0.2, 0) is 4.79 Å². The van der Waals surface area contributed by atoms with E-state index in [1.165, 1.54) is 141 Å². The molecular weight excluding hydrogens is 707 g/mol. The number of hydrogen-bond donors (Lipinski definition) is 5. The van der Waals surface area contributed by atoms with E-state index in [0.717, 1.165) is 64.2 Å². The van der Waals surface area contributed by atoms with Crippen LogP contribution in [0.3, 0.4) is 0 Å². The predicted octanol–water partition coefficient (Wildman–Crippen LogP) is 13.5. The molecule has 0 spiro atoms. The minimum absolute atomic E-state index is 0.350. The van der Waals surface area contributed by atoms with Crippen molar-refractivity contribution in [2.45, 2.75) is 263 Å². The molecule has 0 aromatic heterocycles. The highest BCUT2D eigenvalue weighted by molar-refractivity contribution is 5.80. The second-order valence-corrected chi connectivity index (χ2v) is 16.8. The van der Waals surface area contributed by atoms with Gasteiger partial charge in [-0.3, -0.25) is 4.79 Å². The van der Waals surface area contributed by atoms with Crippen molar-refractivity contribution in [3.05, 3.63) is 48.6 Å². The minimum atomic E-state index is -1.30. The lowest BCUT2D eigenvalue weighted by Crippen LogP contribution is -2.53. The molecule has 0 aromatic carbocycles. The van der Waals surface area contributed by atoms with Gasteiger partial charge in [-0.25, -0.2) is 0 Å². The van der Waals surface area contributed by atoms with E-state index in [1.807, 2.05) is 0 Å². The van der Waals surface area contributed by atoms with Crippen LogP contribution in [0.15, 0.2) is 48.6 Å². The normalized spacial score (nSPS) is 14.4. The number of unbranched alkanes of at least 4 members (excludes halogenated alkanes) is 27. The molecule has 0 fully saturated rings. The Bertz CT molecular complexity index is 946. The van der Waals surface area contributed by atoms with Gasteiger partial charge in [-0.05, 0) is 89.9 Å². The number of aliphatic hydroxyl groups excluding tert-OH is 4. The molecule has 0 aliphatic carbocycles. The van der Waals surface area contributed by atoms with Crippen LogP contribution < -0.4 is 5.32 Å². The molecule has 0 radical (unpaired) electrons. The van der Waals surface area contributed by atoms with E-state index in [4.69, 9.17) is 0 Å². The van der Waals surface area contributed by atoms with Crippen LogP contribution in [0.25, 0.3) is 0 Å². The number of allylic oxidation sites excluding steroid dienone is 8. The van der Waals surface area contributed by atoms with Crippen LogP contribution in [0.1, 0.15) is 239 Å². The molecule has 1 amide bonds. The van der Waals surface area contributed by atoms with E-state index < -0.39 is 36.9 Å². The molecular formula is C51H95NO5. The fourth-order valence-corrected chi connectivity index (χ4v) is 7.31. The maximum Gasteiger partial charge on any atom is 0.249 e. The summed E-state index contributed by atoms with van der Waals surface area (Å²) in [6.45, 7) is 4.04. The van der Waals surface area contributed by atoms with Gasteiger partial charge in [0.25, 0.3) is 0 Å². The van der Waals surface area contributed by atoms with Gasteiger partial charge in [0.2, 0.25) is 5.91 Å². The summed E-state index contributed by atoms with van der Waals surface area (Å²) in [5, 5.41) is 43.8. The Balaban J connectivity index is 3.79. The fourth-order valence-electron chi connectivity index (χ4n) is 7.31. The molecule has 0 bridgehead atoms. The summed E-state index contributed by atoms with van der Waals surface area (Å²) in [6.07, 6.45) is 55.8. The van der Waals surface area contributed by atoms with Crippen molar-refractivity contribution < 1.29 is 25.2 Å². The maximum absolute atomic E-state index is 12.5. The summed E-state index contributed by atoms with van der Waals surface area (Å²) in [5.74, 6) is -0.604. The first-order chi connectivity index (χ1) is 28.0. The Hall–Kier alpha value is -1.73. The third-order valence-corrected chi connectivity index (χ3v) is 11.2. The van der Waals surface area contributed by atoms with Gasteiger partial charge < -0.3 is 25.7 Å². The van der Waals surface area contributed by atoms with Crippen LogP contribution >= 0.6 is 0 Å². The van der Waals surface area contributed by atoms with Crippen molar-refractivity contribution in [3.63, 3.8) is 0 Å². The van der Waals surface area contributed by atoms with Gasteiger partial charge in [-0.1, -0.05) is 197 Å². The van der Waals surface area contributed by atoms with E-state index in [2.05, 4.69) is 67.8 Å². The standard InChI is InChI=1S/C51H95NO5/c1-3-5-7-9-11-13-15-17-19-21-23-25-27-29-31-33-35-37-39-41-43-45-49(55)51(57)52-47(46-53)50(56)48(54)44-42-40-38-36-34-32-30-28-26-24-22-20-18-16-14-12-10-8-6-4-2/h20,22,27-30,36,38,47-50,53-56H,3-19,21,23-26,31-35,37,39-46H2,1-2H3,(H,52,57)/b22-20+,29-27-,30-28+,38-36+. The second-order valence-electron chi connectivity index (χ2n) is 16.8. The van der Waals surface area contributed by atoms with Crippen LogP contribution in [0.5, 0.6) is 0 Å². The third-order valence-electron chi connectivity index (χ3n) is 11.2. The molecule has 334 valence electrons. The quantitative estimate of drug-likeness (QED) is 0.0311. The largest absolute Gasteiger partial charge is 0.394 e. The fraction of sp³-hybridized carbons (Fsp3) is 0.824. The molecule has 6 heteroatoms. The Morgan fingerprint density at radius 2 is 0.737 bits per heavy atom. The van der Waals surface area contributed by atoms with Gasteiger partial charge in [-0.15, -0.1) is 0 Å². The number of carbonyl (C=O) groups is 1. The zero-order valence-corrected chi connectivity index (χ0v) is 37.6. The second kappa shape index (κ2) is 45.4. The smallest absolute Gasteiger partial charge is 0.249 e. The van der Waals surface area contributed by atoms with Crippen molar-refractivity contribution >= 4 is 5.91 Å². The zero-order valence-electron chi connectivity index (χ0n) is 37.6. The Morgan fingerprint density at radius 1 is 0.421 bits per heavy atom. The average molecular weight is 802 g/mol. The molecule has 0 saturated heterocycles. The van der Waals surface area contributed by atoms with E-state index in [0.29, 0.717) is 19.3 Å². The van der Waals surface area contributed by atoms with Crippen molar-refractivity contribution in [2.75, 3.05) is 6.61 Å². The summed E-state index contributed by atoms with van der Waals surface area (Å²) in [7, 11) is 0. The van der Waals surface area contributed by atoms with E-state index in [9.17, 15) is 25.2 Å². The van der Waals surface area contributed by atoms with E-state index >= 15 is 0 Å². The molecule has 5 N–H and O–H groups in total. The first-order valence-corrected chi connectivity index (χ1v) is 24.5. The van der Waals surface area contributed by atoms with Gasteiger partial charge in [0, 0.05) is 0 Å². The zero-order chi connectivity index (χ0) is 41.7. The minimum Gasteiger partial charge on any atom is -0.394 e. The SMILES string of the molecule is CCCCCCCCC/C=C/CC/C=C/CC/C=C/CCCC(O)C(O)C(CO)NC(=O)C(O)CCCCCCCC/C=C\CCCCCCCCCCCCC. The first-order valence-electron chi connectivity index (χ1n) is 24.5. The van der Waals surface area contributed by atoms with Gasteiger partial charge >= 0.3 is 0 Å². The molecule has 4 unspecified atom stereocenters. The Morgan fingerprint density at radius 3 is 1.11 bits per heavy atom. The Labute approximate surface area is 353 Å². The lowest BCUT2D eigenvalue weighted by atomic mass is 10.00. The van der Waals surface area contributed by atoms with Crippen molar-refractivity contribution in [2.24, 2.45) is 0 Å². The number of amides is 1.